The van der Waals surface area contributed by atoms with Crippen molar-refractivity contribution in [2.45, 2.75) is 13.5 Å². The summed E-state index contributed by atoms with van der Waals surface area (Å²) in [5.74, 6) is 1.03. The van der Waals surface area contributed by atoms with Crippen molar-refractivity contribution in [3.05, 3.63) is 47.3 Å². The number of ether oxygens (including phenoxy) is 1. The number of rotatable bonds is 8. The van der Waals surface area contributed by atoms with E-state index < -0.39 is 0 Å². The average Bonchev–Trinajstić information content (AvgIpc) is 2.59. The molecule has 0 atom stereocenters. The van der Waals surface area contributed by atoms with E-state index in [-0.39, 0.29) is 5.91 Å². The van der Waals surface area contributed by atoms with Gasteiger partial charge in [-0.05, 0) is 44.8 Å². The molecule has 0 bridgehead atoms. The molecule has 0 aliphatic rings. The van der Waals surface area contributed by atoms with Gasteiger partial charge in [-0.1, -0.05) is 12.1 Å². The summed E-state index contributed by atoms with van der Waals surface area (Å²) in [6.07, 6.45) is 0. The molecule has 1 aromatic carbocycles. The highest BCUT2D eigenvalue weighted by atomic mass is 16.5. The molecule has 1 aromatic heterocycles. The smallest absolute Gasteiger partial charge is 0.270 e. The Balaban J connectivity index is 1.96. The summed E-state index contributed by atoms with van der Waals surface area (Å²) < 4.78 is 5.12. The number of nitrogens with one attached hydrogen (secondary N) is 2. The number of nitrogens with zero attached hydrogens (tertiary/aromatic N) is 3. The third-order valence-electron chi connectivity index (χ3n) is 3.54. The quantitative estimate of drug-likeness (QED) is 0.759. The van der Waals surface area contributed by atoms with E-state index in [1.807, 2.05) is 45.3 Å². The molecular weight excluding hydrogens is 318 g/mol. The molecule has 0 spiro atoms. The van der Waals surface area contributed by atoms with E-state index in [0.29, 0.717) is 24.7 Å². The van der Waals surface area contributed by atoms with Crippen LogP contribution in [0.15, 0.2) is 30.3 Å². The van der Waals surface area contributed by atoms with Gasteiger partial charge in [-0.3, -0.25) is 4.79 Å². The van der Waals surface area contributed by atoms with Crippen LogP contribution in [0.1, 0.15) is 21.7 Å². The zero-order valence-electron chi connectivity index (χ0n) is 15.2. The summed E-state index contributed by atoms with van der Waals surface area (Å²) in [6, 6.07) is 9.24. The van der Waals surface area contributed by atoms with Crippen molar-refractivity contribution in [1.29, 1.82) is 0 Å². The summed E-state index contributed by atoms with van der Waals surface area (Å²) >= 11 is 0. The maximum Gasteiger partial charge on any atom is 0.270 e. The van der Waals surface area contributed by atoms with Gasteiger partial charge in [0.15, 0.2) is 0 Å². The summed E-state index contributed by atoms with van der Waals surface area (Å²) in [6.45, 7) is 3.84. The van der Waals surface area contributed by atoms with Gasteiger partial charge in [0.2, 0.25) is 5.95 Å². The normalized spacial score (nSPS) is 10.6. The lowest BCUT2D eigenvalue weighted by molar-refractivity contribution is 0.0945. The number of likely N-dealkylation sites (N-methyl/N-ethyl adjacent to an activating group) is 1. The number of hydrogen-bond acceptors (Lipinski definition) is 6. The van der Waals surface area contributed by atoms with Crippen LogP contribution in [0.4, 0.5) is 5.95 Å². The molecule has 1 amide bonds. The molecular formula is C18H25N5O2. The molecule has 0 aliphatic heterocycles. The highest BCUT2D eigenvalue weighted by molar-refractivity contribution is 5.92. The Morgan fingerprint density at radius 3 is 2.56 bits per heavy atom. The second-order valence-corrected chi connectivity index (χ2v) is 5.98. The maximum absolute atomic E-state index is 12.4. The number of aromatic nitrogens is 2. The van der Waals surface area contributed by atoms with Crippen LogP contribution in [0.3, 0.4) is 0 Å². The number of methoxy groups -OCH3 is 1. The Morgan fingerprint density at radius 2 is 1.92 bits per heavy atom. The maximum atomic E-state index is 12.4. The fraction of sp³-hybridized carbons (Fsp3) is 0.389. The van der Waals surface area contributed by atoms with Crippen LogP contribution >= 0.6 is 0 Å². The van der Waals surface area contributed by atoms with Gasteiger partial charge in [-0.15, -0.1) is 0 Å². The largest absolute Gasteiger partial charge is 0.497 e. The first-order valence-corrected chi connectivity index (χ1v) is 8.13. The monoisotopic (exact) mass is 343 g/mol. The van der Waals surface area contributed by atoms with E-state index >= 15 is 0 Å². The second-order valence-electron chi connectivity index (χ2n) is 5.98. The van der Waals surface area contributed by atoms with Crippen molar-refractivity contribution in [2.75, 3.05) is 39.6 Å². The zero-order chi connectivity index (χ0) is 18.2. The van der Waals surface area contributed by atoms with Crippen LogP contribution < -0.4 is 15.4 Å². The molecule has 1 heterocycles. The topological polar surface area (TPSA) is 79.4 Å². The molecule has 0 unspecified atom stereocenters. The van der Waals surface area contributed by atoms with Crippen molar-refractivity contribution in [2.24, 2.45) is 0 Å². The molecule has 134 valence electrons. The molecule has 0 radical (unpaired) electrons. The van der Waals surface area contributed by atoms with Gasteiger partial charge in [0, 0.05) is 25.3 Å². The zero-order valence-corrected chi connectivity index (χ0v) is 15.2. The standard InChI is InChI=1S/C18H25N5O2/c1-13-11-16(22-18(21-13)19-9-10-23(2)3)17(24)20-12-14-5-7-15(25-4)8-6-14/h5-8,11H,9-10,12H2,1-4H3,(H,20,24)(H,19,21,22). The van der Waals surface area contributed by atoms with Gasteiger partial charge >= 0.3 is 0 Å². The minimum absolute atomic E-state index is 0.225. The molecule has 0 saturated carbocycles. The number of anilines is 1. The number of amides is 1. The van der Waals surface area contributed by atoms with Crippen LogP contribution in [0.5, 0.6) is 5.75 Å². The molecule has 0 fully saturated rings. The Hall–Kier alpha value is -2.67. The van der Waals surface area contributed by atoms with E-state index in [2.05, 4.69) is 25.5 Å². The Labute approximate surface area is 148 Å². The highest BCUT2D eigenvalue weighted by Gasteiger charge is 2.10. The van der Waals surface area contributed by atoms with Crippen molar-refractivity contribution in [3.63, 3.8) is 0 Å². The van der Waals surface area contributed by atoms with Crippen molar-refractivity contribution in [1.82, 2.24) is 20.2 Å². The number of aryl methyl sites for hydroxylation is 1. The number of hydrogen-bond donors (Lipinski definition) is 2. The Bertz CT molecular complexity index is 701. The first-order chi connectivity index (χ1) is 12.0. The third kappa shape index (κ3) is 6.04. The third-order valence-corrected chi connectivity index (χ3v) is 3.54. The molecule has 0 saturated heterocycles. The lowest BCUT2D eigenvalue weighted by atomic mass is 10.2. The van der Waals surface area contributed by atoms with Gasteiger partial charge in [0.1, 0.15) is 11.4 Å². The minimum atomic E-state index is -0.225. The van der Waals surface area contributed by atoms with E-state index in [4.69, 9.17) is 4.74 Å². The Morgan fingerprint density at radius 1 is 1.20 bits per heavy atom. The van der Waals surface area contributed by atoms with Gasteiger partial charge in [-0.25, -0.2) is 9.97 Å². The predicted molar refractivity (Wildman–Crippen MR) is 98.0 cm³/mol. The molecule has 0 aliphatic carbocycles. The number of carbonyl (C=O) groups excluding carboxylic acids is 1. The molecule has 25 heavy (non-hydrogen) atoms. The lowest BCUT2D eigenvalue weighted by Crippen LogP contribution is -2.25. The van der Waals surface area contributed by atoms with Gasteiger partial charge in [0.25, 0.3) is 5.91 Å². The molecule has 2 N–H and O–H groups in total. The summed E-state index contributed by atoms with van der Waals surface area (Å²) in [5, 5.41) is 6.02. The van der Waals surface area contributed by atoms with Crippen LogP contribution in [-0.4, -0.2) is 55.1 Å². The lowest BCUT2D eigenvalue weighted by Gasteiger charge is -2.11. The van der Waals surface area contributed by atoms with Crippen LogP contribution in [0.25, 0.3) is 0 Å². The molecule has 7 heteroatoms. The summed E-state index contributed by atoms with van der Waals surface area (Å²) in [7, 11) is 5.62. The van der Waals surface area contributed by atoms with Crippen LogP contribution in [-0.2, 0) is 6.54 Å². The van der Waals surface area contributed by atoms with Crippen LogP contribution in [0.2, 0.25) is 0 Å². The highest BCUT2D eigenvalue weighted by Crippen LogP contribution is 2.11. The fourth-order valence-corrected chi connectivity index (χ4v) is 2.17. The Kier molecular flexibility index (Phi) is 6.71. The van der Waals surface area contributed by atoms with E-state index in [1.165, 1.54) is 0 Å². The first-order valence-electron chi connectivity index (χ1n) is 8.13. The number of carbonyl (C=O) groups is 1. The van der Waals surface area contributed by atoms with Gasteiger partial charge in [-0.2, -0.15) is 0 Å². The SMILES string of the molecule is COc1ccc(CNC(=O)c2cc(C)nc(NCCN(C)C)n2)cc1. The average molecular weight is 343 g/mol. The van der Waals surface area contributed by atoms with Crippen molar-refractivity contribution < 1.29 is 9.53 Å². The first kappa shape index (κ1) is 18.7. The summed E-state index contributed by atoms with van der Waals surface area (Å²) in [5.41, 5.74) is 2.09. The van der Waals surface area contributed by atoms with Crippen molar-refractivity contribution >= 4 is 11.9 Å². The molecule has 2 rings (SSSR count). The van der Waals surface area contributed by atoms with Crippen LogP contribution in [0, 0.1) is 6.92 Å². The fourth-order valence-electron chi connectivity index (χ4n) is 2.17. The van der Waals surface area contributed by atoms with E-state index in [0.717, 1.165) is 23.6 Å². The van der Waals surface area contributed by atoms with Gasteiger partial charge in [0.05, 0.1) is 7.11 Å². The van der Waals surface area contributed by atoms with E-state index in [9.17, 15) is 4.79 Å². The second kappa shape index (κ2) is 8.98. The number of benzene rings is 1. The molecule has 7 nitrogen and oxygen atoms in total. The summed E-state index contributed by atoms with van der Waals surface area (Å²) in [4.78, 5) is 23.0. The molecule has 2 aromatic rings. The predicted octanol–water partition coefficient (Wildman–Crippen LogP) is 1.70. The van der Waals surface area contributed by atoms with Gasteiger partial charge < -0.3 is 20.3 Å². The van der Waals surface area contributed by atoms with Crippen molar-refractivity contribution in [3.8, 4) is 5.75 Å². The van der Waals surface area contributed by atoms with E-state index in [1.54, 1.807) is 13.2 Å². The minimum Gasteiger partial charge on any atom is -0.497 e.